The van der Waals surface area contributed by atoms with Crippen molar-refractivity contribution in [2.24, 2.45) is 5.92 Å². The van der Waals surface area contributed by atoms with Crippen molar-refractivity contribution < 1.29 is 9.53 Å². The average molecular weight is 373 g/mol. The molecule has 2 aromatic rings. The fourth-order valence-corrected chi connectivity index (χ4v) is 3.55. The molecule has 138 valence electrons. The molecular formula is C21H25ClN2O2. The number of amides is 1. The fraction of sp³-hybridized carbons (Fsp3) is 0.381. The second kappa shape index (κ2) is 8.56. The molecule has 2 aromatic carbocycles. The van der Waals surface area contributed by atoms with Crippen LogP contribution in [0.2, 0.25) is 5.02 Å². The van der Waals surface area contributed by atoms with Gasteiger partial charge in [0.1, 0.15) is 5.75 Å². The number of nitrogens with zero attached hydrogens (tertiary/aromatic N) is 1. The molecular weight excluding hydrogens is 348 g/mol. The number of rotatable bonds is 5. The van der Waals surface area contributed by atoms with Crippen molar-refractivity contribution in [3.8, 4) is 5.75 Å². The molecule has 0 bridgehead atoms. The summed E-state index contributed by atoms with van der Waals surface area (Å²) in [4.78, 5) is 15.1. The third-order valence-electron chi connectivity index (χ3n) is 4.82. The Morgan fingerprint density at radius 2 is 2.04 bits per heavy atom. The molecule has 1 atom stereocenters. The van der Waals surface area contributed by atoms with Gasteiger partial charge < -0.3 is 10.1 Å². The summed E-state index contributed by atoms with van der Waals surface area (Å²) in [5.74, 6) is 0.618. The zero-order valence-electron chi connectivity index (χ0n) is 15.3. The van der Waals surface area contributed by atoms with Gasteiger partial charge in [-0.1, -0.05) is 41.4 Å². The first kappa shape index (κ1) is 18.7. The van der Waals surface area contributed by atoms with E-state index >= 15 is 0 Å². The molecule has 0 spiro atoms. The van der Waals surface area contributed by atoms with Gasteiger partial charge in [0.15, 0.2) is 0 Å². The van der Waals surface area contributed by atoms with Gasteiger partial charge in [0.2, 0.25) is 5.91 Å². The first-order valence-electron chi connectivity index (χ1n) is 8.97. The van der Waals surface area contributed by atoms with Crippen LogP contribution < -0.4 is 10.1 Å². The van der Waals surface area contributed by atoms with Crippen molar-refractivity contribution in [2.75, 3.05) is 25.5 Å². The zero-order chi connectivity index (χ0) is 18.5. The lowest BCUT2D eigenvalue weighted by atomic mass is 9.96. The lowest BCUT2D eigenvalue weighted by Crippen LogP contribution is -2.40. The van der Waals surface area contributed by atoms with E-state index in [1.54, 1.807) is 25.3 Å². The van der Waals surface area contributed by atoms with Crippen molar-refractivity contribution in [3.63, 3.8) is 0 Å². The van der Waals surface area contributed by atoms with Crippen LogP contribution in [0.5, 0.6) is 5.75 Å². The van der Waals surface area contributed by atoms with Gasteiger partial charge in [-0.15, -0.1) is 0 Å². The molecule has 1 fully saturated rings. The highest BCUT2D eigenvalue weighted by molar-refractivity contribution is 6.31. The highest BCUT2D eigenvalue weighted by Crippen LogP contribution is 2.29. The number of aryl methyl sites for hydroxylation is 1. The molecule has 1 amide bonds. The minimum Gasteiger partial charge on any atom is -0.495 e. The predicted octanol–water partition coefficient (Wildman–Crippen LogP) is 4.51. The number of likely N-dealkylation sites (tertiary alicyclic amines) is 1. The Labute approximate surface area is 160 Å². The lowest BCUT2D eigenvalue weighted by Gasteiger charge is -2.32. The molecule has 4 nitrogen and oxygen atoms in total. The van der Waals surface area contributed by atoms with E-state index in [9.17, 15) is 4.79 Å². The molecule has 1 N–H and O–H groups in total. The Morgan fingerprint density at radius 1 is 1.27 bits per heavy atom. The van der Waals surface area contributed by atoms with E-state index in [2.05, 4.69) is 41.4 Å². The summed E-state index contributed by atoms with van der Waals surface area (Å²) in [6.45, 7) is 4.76. The van der Waals surface area contributed by atoms with E-state index < -0.39 is 0 Å². The quantitative estimate of drug-likeness (QED) is 0.839. The van der Waals surface area contributed by atoms with Crippen LogP contribution in [-0.4, -0.2) is 31.0 Å². The molecule has 26 heavy (non-hydrogen) atoms. The van der Waals surface area contributed by atoms with Crippen LogP contribution in [0, 0.1) is 12.8 Å². The van der Waals surface area contributed by atoms with E-state index in [1.165, 1.54) is 11.1 Å². The number of anilines is 1. The predicted molar refractivity (Wildman–Crippen MR) is 106 cm³/mol. The number of carbonyl (C=O) groups excluding carboxylic acids is 1. The first-order valence-corrected chi connectivity index (χ1v) is 9.35. The highest BCUT2D eigenvalue weighted by atomic mass is 35.5. The van der Waals surface area contributed by atoms with Crippen molar-refractivity contribution in [1.82, 2.24) is 4.90 Å². The summed E-state index contributed by atoms with van der Waals surface area (Å²) < 4.78 is 5.31. The summed E-state index contributed by atoms with van der Waals surface area (Å²) in [7, 11) is 1.59. The summed E-state index contributed by atoms with van der Waals surface area (Å²) >= 11 is 6.05. The van der Waals surface area contributed by atoms with Crippen LogP contribution in [0.1, 0.15) is 24.0 Å². The molecule has 1 aliphatic heterocycles. The van der Waals surface area contributed by atoms with Crippen molar-refractivity contribution in [2.45, 2.75) is 26.3 Å². The maximum atomic E-state index is 12.8. The molecule has 1 aliphatic rings. The summed E-state index contributed by atoms with van der Waals surface area (Å²) in [6, 6.07) is 13.8. The monoisotopic (exact) mass is 372 g/mol. The van der Waals surface area contributed by atoms with Crippen molar-refractivity contribution in [1.29, 1.82) is 0 Å². The number of nitrogens with one attached hydrogen (secondary N) is 1. The topological polar surface area (TPSA) is 41.6 Å². The lowest BCUT2D eigenvalue weighted by molar-refractivity contribution is -0.121. The van der Waals surface area contributed by atoms with Crippen molar-refractivity contribution in [3.05, 3.63) is 58.6 Å². The molecule has 1 unspecified atom stereocenters. The van der Waals surface area contributed by atoms with Gasteiger partial charge in [-0.3, -0.25) is 9.69 Å². The molecule has 1 saturated heterocycles. The standard InChI is InChI=1S/C21H25ClN2O2/c1-15-5-7-16(8-6-15)13-24-11-3-4-17(14-24)21(25)23-19-12-18(22)9-10-20(19)26-2/h5-10,12,17H,3-4,11,13-14H2,1-2H3,(H,23,25). The Balaban J connectivity index is 1.62. The highest BCUT2D eigenvalue weighted by Gasteiger charge is 2.26. The van der Waals surface area contributed by atoms with Gasteiger partial charge >= 0.3 is 0 Å². The van der Waals surface area contributed by atoms with Gasteiger partial charge in [-0.25, -0.2) is 0 Å². The van der Waals surface area contributed by atoms with Gasteiger partial charge in [-0.05, 0) is 50.1 Å². The van der Waals surface area contributed by atoms with E-state index in [4.69, 9.17) is 16.3 Å². The fourth-order valence-electron chi connectivity index (χ4n) is 3.38. The molecule has 0 aliphatic carbocycles. The Bertz CT molecular complexity index is 761. The number of ether oxygens (including phenoxy) is 1. The van der Waals surface area contributed by atoms with Gasteiger partial charge in [0, 0.05) is 18.1 Å². The first-order chi connectivity index (χ1) is 12.5. The van der Waals surface area contributed by atoms with Crippen LogP contribution in [-0.2, 0) is 11.3 Å². The largest absolute Gasteiger partial charge is 0.495 e. The number of benzene rings is 2. The number of hydrogen-bond acceptors (Lipinski definition) is 3. The zero-order valence-corrected chi connectivity index (χ0v) is 16.1. The SMILES string of the molecule is COc1ccc(Cl)cc1NC(=O)C1CCCN(Cc2ccc(C)cc2)C1. The number of hydrogen-bond donors (Lipinski definition) is 1. The number of methoxy groups -OCH3 is 1. The summed E-state index contributed by atoms with van der Waals surface area (Å²) in [6.07, 6.45) is 1.93. The third-order valence-corrected chi connectivity index (χ3v) is 5.06. The number of halogens is 1. The summed E-state index contributed by atoms with van der Waals surface area (Å²) in [5.41, 5.74) is 3.17. The second-order valence-electron chi connectivity index (χ2n) is 6.89. The Hall–Kier alpha value is -2.04. The van der Waals surface area contributed by atoms with Crippen LogP contribution in [0.15, 0.2) is 42.5 Å². The molecule has 0 saturated carbocycles. The second-order valence-corrected chi connectivity index (χ2v) is 7.33. The molecule has 0 aromatic heterocycles. The summed E-state index contributed by atoms with van der Waals surface area (Å²) in [5, 5.41) is 3.56. The van der Waals surface area contributed by atoms with Crippen LogP contribution in [0.3, 0.4) is 0 Å². The minimum atomic E-state index is -0.0297. The maximum Gasteiger partial charge on any atom is 0.228 e. The van der Waals surface area contributed by atoms with Gasteiger partial charge in [-0.2, -0.15) is 0 Å². The number of piperidine rings is 1. The Kier molecular flexibility index (Phi) is 6.17. The average Bonchev–Trinajstić information content (AvgIpc) is 2.64. The normalized spacial score (nSPS) is 17.7. The number of carbonyl (C=O) groups is 1. The van der Waals surface area contributed by atoms with Crippen molar-refractivity contribution >= 4 is 23.2 Å². The minimum absolute atomic E-state index is 0.0270. The van der Waals surface area contributed by atoms with Gasteiger partial charge in [0.25, 0.3) is 0 Å². The van der Waals surface area contributed by atoms with Gasteiger partial charge in [0.05, 0.1) is 18.7 Å². The smallest absolute Gasteiger partial charge is 0.228 e. The molecule has 1 heterocycles. The van der Waals surface area contributed by atoms with Crippen LogP contribution in [0.4, 0.5) is 5.69 Å². The van der Waals surface area contributed by atoms with E-state index in [0.29, 0.717) is 16.5 Å². The van der Waals surface area contributed by atoms with E-state index in [-0.39, 0.29) is 11.8 Å². The Morgan fingerprint density at radius 3 is 2.77 bits per heavy atom. The van der Waals surface area contributed by atoms with Crippen LogP contribution in [0.25, 0.3) is 0 Å². The van der Waals surface area contributed by atoms with E-state index in [1.807, 2.05) is 0 Å². The van der Waals surface area contributed by atoms with Crippen LogP contribution >= 0.6 is 11.6 Å². The third kappa shape index (κ3) is 4.77. The molecule has 3 rings (SSSR count). The molecule has 5 heteroatoms. The maximum absolute atomic E-state index is 12.8. The van der Waals surface area contributed by atoms with E-state index in [0.717, 1.165) is 32.5 Å². The molecule has 0 radical (unpaired) electrons.